The summed E-state index contributed by atoms with van der Waals surface area (Å²) in [7, 11) is 0. The van der Waals surface area contributed by atoms with E-state index in [4.69, 9.17) is 10.00 Å². The van der Waals surface area contributed by atoms with Gasteiger partial charge in [0.2, 0.25) is 0 Å². The highest BCUT2D eigenvalue weighted by Gasteiger charge is 2.30. The van der Waals surface area contributed by atoms with Crippen LogP contribution in [0, 0.1) is 17.2 Å². The van der Waals surface area contributed by atoms with Crippen molar-refractivity contribution >= 4 is 5.78 Å². The van der Waals surface area contributed by atoms with Crippen molar-refractivity contribution in [2.24, 2.45) is 5.92 Å². The van der Waals surface area contributed by atoms with Gasteiger partial charge in [-0.2, -0.15) is 5.26 Å². The van der Waals surface area contributed by atoms with Gasteiger partial charge < -0.3 is 4.74 Å². The summed E-state index contributed by atoms with van der Waals surface area (Å²) in [6.45, 7) is 1.09. The number of ketones is 1. The fourth-order valence-electron chi connectivity index (χ4n) is 1.94. The summed E-state index contributed by atoms with van der Waals surface area (Å²) in [6, 6.07) is 11.3. The Morgan fingerprint density at radius 1 is 1.44 bits per heavy atom. The van der Waals surface area contributed by atoms with Crippen LogP contribution in [0.4, 0.5) is 0 Å². The minimum absolute atomic E-state index is 0.00815. The number of nitriles is 1. The van der Waals surface area contributed by atoms with Crippen LogP contribution in [0.1, 0.15) is 17.9 Å². The highest BCUT2D eigenvalue weighted by molar-refractivity contribution is 5.90. The minimum Gasteiger partial charge on any atom is -0.381 e. The molecular formula is C13H13NO2. The van der Waals surface area contributed by atoms with Gasteiger partial charge >= 0.3 is 0 Å². The molecule has 0 amide bonds. The maximum Gasteiger partial charge on any atom is 0.159 e. The maximum absolute atomic E-state index is 12.1. The number of benzene rings is 1. The Morgan fingerprint density at radius 2 is 2.19 bits per heavy atom. The summed E-state index contributed by atoms with van der Waals surface area (Å²) >= 11 is 0. The lowest BCUT2D eigenvalue weighted by molar-refractivity contribution is -0.123. The molecule has 1 saturated heterocycles. The first-order valence-electron chi connectivity index (χ1n) is 5.39. The Balaban J connectivity index is 2.17. The SMILES string of the molecule is N#CC(C(=O)C1CCOC1)c1ccccc1. The lowest BCUT2D eigenvalue weighted by atomic mass is 9.88. The summed E-state index contributed by atoms with van der Waals surface area (Å²) in [6.07, 6.45) is 0.740. The molecule has 16 heavy (non-hydrogen) atoms. The Bertz CT molecular complexity index is 402. The van der Waals surface area contributed by atoms with Gasteiger partial charge in [0.1, 0.15) is 5.92 Å². The Kier molecular flexibility index (Phi) is 3.33. The Morgan fingerprint density at radius 3 is 2.75 bits per heavy atom. The van der Waals surface area contributed by atoms with E-state index in [0.29, 0.717) is 13.2 Å². The number of carbonyl (C=O) groups excluding carboxylic acids is 1. The second-order valence-electron chi connectivity index (χ2n) is 3.94. The number of carbonyl (C=O) groups is 1. The van der Waals surface area contributed by atoms with E-state index in [1.165, 1.54) is 0 Å². The summed E-state index contributed by atoms with van der Waals surface area (Å²) in [5, 5.41) is 9.10. The number of hydrogen-bond donors (Lipinski definition) is 0. The second kappa shape index (κ2) is 4.91. The summed E-state index contributed by atoms with van der Waals surface area (Å²) < 4.78 is 5.18. The van der Waals surface area contributed by atoms with E-state index in [-0.39, 0.29) is 11.7 Å². The zero-order valence-corrected chi connectivity index (χ0v) is 8.93. The highest BCUT2D eigenvalue weighted by atomic mass is 16.5. The van der Waals surface area contributed by atoms with Crippen LogP contribution < -0.4 is 0 Å². The standard InChI is InChI=1S/C13H13NO2/c14-8-12(10-4-2-1-3-5-10)13(15)11-6-7-16-9-11/h1-5,11-12H,6-7,9H2. The number of hydrogen-bond acceptors (Lipinski definition) is 3. The Hall–Kier alpha value is -1.66. The molecule has 3 heteroatoms. The lowest BCUT2D eigenvalue weighted by Crippen LogP contribution is -2.21. The van der Waals surface area contributed by atoms with Crippen molar-refractivity contribution in [3.05, 3.63) is 35.9 Å². The third kappa shape index (κ3) is 2.12. The molecule has 0 radical (unpaired) electrons. The van der Waals surface area contributed by atoms with E-state index in [0.717, 1.165) is 12.0 Å². The van der Waals surface area contributed by atoms with E-state index >= 15 is 0 Å². The molecule has 1 aromatic rings. The molecule has 2 atom stereocenters. The normalized spacial score (nSPS) is 21.3. The molecule has 0 bridgehead atoms. The Labute approximate surface area is 94.6 Å². The molecule has 2 rings (SSSR count). The average molecular weight is 215 g/mol. The quantitative estimate of drug-likeness (QED) is 0.773. The van der Waals surface area contributed by atoms with Crippen LogP contribution >= 0.6 is 0 Å². The molecule has 2 unspecified atom stereocenters. The van der Waals surface area contributed by atoms with Crippen LogP contribution in [-0.2, 0) is 9.53 Å². The first-order valence-corrected chi connectivity index (χ1v) is 5.39. The molecule has 1 fully saturated rings. The van der Waals surface area contributed by atoms with Gasteiger partial charge in [-0.05, 0) is 12.0 Å². The predicted molar refractivity (Wildman–Crippen MR) is 58.7 cm³/mol. The van der Waals surface area contributed by atoms with Crippen LogP contribution in [-0.4, -0.2) is 19.0 Å². The largest absolute Gasteiger partial charge is 0.381 e. The van der Waals surface area contributed by atoms with Crippen molar-refractivity contribution in [3.8, 4) is 6.07 Å². The van der Waals surface area contributed by atoms with Crippen LogP contribution in [0.2, 0.25) is 0 Å². The maximum atomic E-state index is 12.1. The minimum atomic E-state index is -0.645. The van der Waals surface area contributed by atoms with Crippen molar-refractivity contribution in [1.29, 1.82) is 5.26 Å². The number of rotatable bonds is 3. The zero-order chi connectivity index (χ0) is 11.4. The van der Waals surface area contributed by atoms with Crippen LogP contribution in [0.5, 0.6) is 0 Å². The van der Waals surface area contributed by atoms with Crippen molar-refractivity contribution in [2.45, 2.75) is 12.3 Å². The van der Waals surface area contributed by atoms with Crippen LogP contribution in [0.15, 0.2) is 30.3 Å². The van der Waals surface area contributed by atoms with Gasteiger partial charge in [0, 0.05) is 12.5 Å². The third-order valence-corrected chi connectivity index (χ3v) is 2.88. The van der Waals surface area contributed by atoms with Crippen molar-refractivity contribution < 1.29 is 9.53 Å². The lowest BCUT2D eigenvalue weighted by Gasteiger charge is -2.12. The second-order valence-corrected chi connectivity index (χ2v) is 3.94. The molecule has 3 nitrogen and oxygen atoms in total. The van der Waals surface area contributed by atoms with Gasteiger partial charge in [0.05, 0.1) is 12.7 Å². The van der Waals surface area contributed by atoms with Gasteiger partial charge in [-0.3, -0.25) is 4.79 Å². The third-order valence-electron chi connectivity index (χ3n) is 2.88. The topological polar surface area (TPSA) is 50.1 Å². The fraction of sp³-hybridized carbons (Fsp3) is 0.385. The smallest absolute Gasteiger partial charge is 0.159 e. The van der Waals surface area contributed by atoms with Gasteiger partial charge in [-0.15, -0.1) is 0 Å². The van der Waals surface area contributed by atoms with E-state index < -0.39 is 5.92 Å². The first kappa shape index (κ1) is 10.8. The van der Waals surface area contributed by atoms with Crippen LogP contribution in [0.25, 0.3) is 0 Å². The fourth-order valence-corrected chi connectivity index (χ4v) is 1.94. The molecule has 0 N–H and O–H groups in total. The van der Waals surface area contributed by atoms with Crippen molar-refractivity contribution in [1.82, 2.24) is 0 Å². The summed E-state index contributed by atoms with van der Waals surface area (Å²) in [4.78, 5) is 12.1. The molecule has 0 saturated carbocycles. The summed E-state index contributed by atoms with van der Waals surface area (Å²) in [5.74, 6) is -0.760. The van der Waals surface area contributed by atoms with Crippen LogP contribution in [0.3, 0.4) is 0 Å². The monoisotopic (exact) mass is 215 g/mol. The predicted octanol–water partition coefficient (Wildman–Crippen LogP) is 1.90. The molecular weight excluding hydrogens is 202 g/mol. The van der Waals surface area contributed by atoms with E-state index in [2.05, 4.69) is 6.07 Å². The first-order chi connectivity index (χ1) is 7.83. The van der Waals surface area contributed by atoms with E-state index in [1.54, 1.807) is 0 Å². The summed E-state index contributed by atoms with van der Waals surface area (Å²) in [5.41, 5.74) is 0.780. The molecule has 0 aliphatic carbocycles. The average Bonchev–Trinajstić information content (AvgIpc) is 2.85. The van der Waals surface area contributed by atoms with Gasteiger partial charge in [0.15, 0.2) is 5.78 Å². The van der Waals surface area contributed by atoms with Gasteiger partial charge in [-0.25, -0.2) is 0 Å². The molecule has 0 aromatic heterocycles. The van der Waals surface area contributed by atoms with E-state index in [9.17, 15) is 4.79 Å². The van der Waals surface area contributed by atoms with Gasteiger partial charge in [0.25, 0.3) is 0 Å². The van der Waals surface area contributed by atoms with Crippen molar-refractivity contribution in [3.63, 3.8) is 0 Å². The van der Waals surface area contributed by atoms with E-state index in [1.807, 2.05) is 30.3 Å². The molecule has 1 aliphatic heterocycles. The molecule has 1 heterocycles. The number of Topliss-reactive ketones (excluding diaryl/α,β-unsaturated/α-hetero) is 1. The molecule has 1 aromatic carbocycles. The van der Waals surface area contributed by atoms with Crippen molar-refractivity contribution in [2.75, 3.05) is 13.2 Å². The molecule has 82 valence electrons. The number of nitrogens with zero attached hydrogens (tertiary/aromatic N) is 1. The van der Waals surface area contributed by atoms with Gasteiger partial charge in [-0.1, -0.05) is 30.3 Å². The molecule has 1 aliphatic rings. The zero-order valence-electron chi connectivity index (χ0n) is 8.93. The molecule has 0 spiro atoms. The highest BCUT2D eigenvalue weighted by Crippen LogP contribution is 2.24. The number of ether oxygens (including phenoxy) is 1.